The molecule has 0 aliphatic carbocycles. The third kappa shape index (κ3) is 3.69. The van der Waals surface area contributed by atoms with Crippen LogP contribution in [0.2, 0.25) is 0 Å². The van der Waals surface area contributed by atoms with Crippen LogP contribution in [-0.4, -0.2) is 34.3 Å². The van der Waals surface area contributed by atoms with Crippen molar-refractivity contribution in [3.05, 3.63) is 11.8 Å². The predicted molar refractivity (Wildman–Crippen MR) is 29.9 cm³/mol. The van der Waals surface area contributed by atoms with Crippen LogP contribution in [0.15, 0.2) is 11.8 Å². The fourth-order valence-electron chi connectivity index (χ4n) is 0.289. The van der Waals surface area contributed by atoms with Crippen molar-refractivity contribution in [2.75, 3.05) is 6.61 Å². The van der Waals surface area contributed by atoms with Crippen molar-refractivity contribution < 1.29 is 20.1 Å². The van der Waals surface area contributed by atoms with Gasteiger partial charge in [0, 0.05) is 0 Å². The number of aliphatic hydroxyl groups excluding tert-OH is 3. The summed E-state index contributed by atoms with van der Waals surface area (Å²) in [6.45, 7) is -0.502. The number of aldehydes is 1. The lowest BCUT2D eigenvalue weighted by Gasteiger charge is -1.96. The highest BCUT2D eigenvalue weighted by Crippen LogP contribution is 1.87. The van der Waals surface area contributed by atoms with Crippen molar-refractivity contribution in [1.29, 1.82) is 0 Å². The van der Waals surface area contributed by atoms with E-state index in [1.54, 1.807) is 0 Å². The zero-order valence-corrected chi connectivity index (χ0v) is 4.69. The van der Waals surface area contributed by atoms with Gasteiger partial charge in [-0.05, 0) is 6.08 Å². The fraction of sp³-hybridized carbons (Fsp3) is 0.400. The van der Waals surface area contributed by atoms with Gasteiger partial charge in [0.15, 0.2) is 12.0 Å². The summed E-state index contributed by atoms with van der Waals surface area (Å²) in [5.74, 6) is -0.573. The smallest absolute Gasteiger partial charge is 0.184 e. The Kier molecular flexibility index (Phi) is 3.66. The number of allylic oxidation sites excluding steroid dienone is 1. The second-order valence-corrected chi connectivity index (χ2v) is 1.46. The maximum absolute atomic E-state index is 9.65. The first-order valence-corrected chi connectivity index (χ1v) is 2.35. The number of carbonyl (C=O) groups excluding carboxylic acids is 1. The Hall–Kier alpha value is -0.870. The lowest BCUT2D eigenvalue weighted by atomic mass is 10.3. The Morgan fingerprint density at radius 2 is 2.22 bits per heavy atom. The first-order valence-electron chi connectivity index (χ1n) is 2.35. The zero-order valence-electron chi connectivity index (χ0n) is 4.69. The second kappa shape index (κ2) is 4.05. The molecule has 0 radical (unpaired) electrons. The summed E-state index contributed by atoms with van der Waals surface area (Å²) in [4.78, 5) is 9.65. The van der Waals surface area contributed by atoms with Crippen LogP contribution in [0.3, 0.4) is 0 Å². The maximum Gasteiger partial charge on any atom is 0.184 e. The van der Waals surface area contributed by atoms with Gasteiger partial charge in [-0.3, -0.25) is 4.79 Å². The average molecular weight is 132 g/mol. The molecule has 1 atom stereocenters. The van der Waals surface area contributed by atoms with Crippen LogP contribution in [0.25, 0.3) is 0 Å². The summed E-state index contributed by atoms with van der Waals surface area (Å²) in [5.41, 5.74) is 0. The summed E-state index contributed by atoms with van der Waals surface area (Å²) in [5, 5.41) is 25.1. The molecule has 0 heterocycles. The molecule has 0 rings (SSSR count). The third-order valence-corrected chi connectivity index (χ3v) is 0.671. The molecule has 0 fully saturated rings. The molecular formula is C5H8O4. The number of rotatable bonds is 3. The molecule has 4 nitrogen and oxygen atoms in total. The molecule has 52 valence electrons. The Morgan fingerprint density at radius 3 is 2.56 bits per heavy atom. The van der Waals surface area contributed by atoms with Crippen LogP contribution in [0.5, 0.6) is 0 Å². The molecule has 4 heteroatoms. The molecule has 0 aromatic rings. The quantitative estimate of drug-likeness (QED) is 0.261. The molecule has 3 N–H and O–H groups in total. The van der Waals surface area contributed by atoms with Crippen LogP contribution in [0, 0.1) is 0 Å². The minimum absolute atomic E-state index is 0.179. The molecule has 0 saturated carbocycles. The Bertz CT molecular complexity index is 118. The van der Waals surface area contributed by atoms with Gasteiger partial charge < -0.3 is 15.3 Å². The van der Waals surface area contributed by atoms with E-state index in [4.69, 9.17) is 15.3 Å². The number of hydrogen-bond donors (Lipinski definition) is 3. The highest BCUT2D eigenvalue weighted by Gasteiger charge is 1.97. The van der Waals surface area contributed by atoms with Gasteiger partial charge in [0.25, 0.3) is 0 Å². The summed E-state index contributed by atoms with van der Waals surface area (Å²) < 4.78 is 0. The van der Waals surface area contributed by atoms with Crippen LogP contribution in [0.1, 0.15) is 0 Å². The summed E-state index contributed by atoms with van der Waals surface area (Å²) in [6, 6.07) is 0. The Labute approximate surface area is 52.1 Å². The van der Waals surface area contributed by atoms with E-state index in [-0.39, 0.29) is 6.29 Å². The average Bonchev–Trinajstić information content (AvgIpc) is 1.87. The van der Waals surface area contributed by atoms with E-state index in [9.17, 15) is 4.79 Å². The van der Waals surface area contributed by atoms with Gasteiger partial charge in [-0.1, -0.05) is 0 Å². The predicted octanol–water partition coefficient (Wildman–Crippen LogP) is -1.02. The minimum Gasteiger partial charge on any atom is -0.505 e. The van der Waals surface area contributed by atoms with Crippen LogP contribution in [0.4, 0.5) is 0 Å². The van der Waals surface area contributed by atoms with Gasteiger partial charge in [-0.25, -0.2) is 0 Å². The van der Waals surface area contributed by atoms with E-state index in [0.29, 0.717) is 0 Å². The number of aliphatic hydroxyl groups is 3. The summed E-state index contributed by atoms with van der Waals surface area (Å²) in [6.07, 6.45) is -0.124. The fourth-order valence-corrected chi connectivity index (χ4v) is 0.289. The van der Waals surface area contributed by atoms with Gasteiger partial charge in [-0.2, -0.15) is 0 Å². The van der Waals surface area contributed by atoms with Crippen molar-refractivity contribution in [2.24, 2.45) is 0 Å². The highest BCUT2D eigenvalue weighted by atomic mass is 16.3. The SMILES string of the molecule is O=C/C(O)=C/C(O)CO. The summed E-state index contributed by atoms with van der Waals surface area (Å²) >= 11 is 0. The van der Waals surface area contributed by atoms with Gasteiger partial charge >= 0.3 is 0 Å². The van der Waals surface area contributed by atoms with E-state index in [2.05, 4.69) is 0 Å². The highest BCUT2D eigenvalue weighted by molar-refractivity contribution is 5.69. The maximum atomic E-state index is 9.65. The molecule has 0 spiro atoms. The molecule has 0 aromatic heterocycles. The van der Waals surface area contributed by atoms with E-state index >= 15 is 0 Å². The van der Waals surface area contributed by atoms with E-state index in [1.807, 2.05) is 0 Å². The molecule has 0 saturated heterocycles. The first kappa shape index (κ1) is 8.13. The standard InChI is InChI=1S/C5H8O4/c6-2-4(8)1-5(9)3-7/h1-2,5,7-9H,3H2/b4-1-. The summed E-state index contributed by atoms with van der Waals surface area (Å²) in [7, 11) is 0. The second-order valence-electron chi connectivity index (χ2n) is 1.46. The van der Waals surface area contributed by atoms with Gasteiger partial charge in [0.05, 0.1) is 12.7 Å². The third-order valence-electron chi connectivity index (χ3n) is 0.671. The largest absolute Gasteiger partial charge is 0.505 e. The van der Waals surface area contributed by atoms with Crippen molar-refractivity contribution in [3.63, 3.8) is 0 Å². The van der Waals surface area contributed by atoms with E-state index in [1.165, 1.54) is 0 Å². The van der Waals surface area contributed by atoms with Crippen LogP contribution in [-0.2, 0) is 4.79 Å². The van der Waals surface area contributed by atoms with Crippen LogP contribution < -0.4 is 0 Å². The molecule has 0 bridgehead atoms. The molecular weight excluding hydrogens is 124 g/mol. The molecule has 9 heavy (non-hydrogen) atoms. The molecule has 0 aromatic carbocycles. The van der Waals surface area contributed by atoms with Crippen molar-refractivity contribution >= 4 is 6.29 Å². The van der Waals surface area contributed by atoms with Crippen molar-refractivity contribution in [3.8, 4) is 0 Å². The molecule has 0 aliphatic heterocycles. The molecule has 0 aliphatic rings. The Balaban J connectivity index is 3.78. The number of carbonyl (C=O) groups is 1. The lowest BCUT2D eigenvalue weighted by molar-refractivity contribution is -0.107. The van der Waals surface area contributed by atoms with Crippen molar-refractivity contribution in [1.82, 2.24) is 0 Å². The van der Waals surface area contributed by atoms with Crippen LogP contribution >= 0.6 is 0 Å². The van der Waals surface area contributed by atoms with Gasteiger partial charge in [-0.15, -0.1) is 0 Å². The minimum atomic E-state index is -1.16. The van der Waals surface area contributed by atoms with E-state index < -0.39 is 18.5 Å². The lowest BCUT2D eigenvalue weighted by Crippen LogP contribution is -2.08. The van der Waals surface area contributed by atoms with Gasteiger partial charge in [0.1, 0.15) is 0 Å². The normalized spacial score (nSPS) is 15.1. The Morgan fingerprint density at radius 1 is 1.67 bits per heavy atom. The monoisotopic (exact) mass is 132 g/mol. The molecule has 1 unspecified atom stereocenters. The van der Waals surface area contributed by atoms with E-state index in [0.717, 1.165) is 6.08 Å². The number of hydrogen-bond acceptors (Lipinski definition) is 4. The van der Waals surface area contributed by atoms with Gasteiger partial charge in [0.2, 0.25) is 0 Å². The van der Waals surface area contributed by atoms with Crippen molar-refractivity contribution in [2.45, 2.75) is 6.10 Å². The molecule has 0 amide bonds. The first-order chi connectivity index (χ1) is 4.20. The zero-order chi connectivity index (χ0) is 7.28. The topological polar surface area (TPSA) is 77.8 Å².